The van der Waals surface area contributed by atoms with Gasteiger partial charge >= 0.3 is 0 Å². The Balaban J connectivity index is 2.06. The third kappa shape index (κ3) is 8.12. The van der Waals surface area contributed by atoms with Crippen molar-refractivity contribution >= 4 is 27.5 Å². The second-order valence-corrected chi connectivity index (χ2v) is 12.5. The molecule has 0 aliphatic carbocycles. The third-order valence-electron chi connectivity index (χ3n) is 7.18. The second-order valence-electron chi connectivity index (χ2n) is 10.7. The van der Waals surface area contributed by atoms with Crippen LogP contribution >= 0.6 is 0 Å². The van der Waals surface area contributed by atoms with Crippen molar-refractivity contribution < 1.29 is 22.7 Å². The highest BCUT2D eigenvalue weighted by molar-refractivity contribution is 7.92. The molecule has 2 amide bonds. The van der Waals surface area contributed by atoms with Crippen molar-refractivity contribution in [3.63, 3.8) is 0 Å². The van der Waals surface area contributed by atoms with Crippen LogP contribution in [-0.2, 0) is 26.2 Å². The van der Waals surface area contributed by atoms with Crippen molar-refractivity contribution in [2.45, 2.75) is 70.9 Å². The molecular weight excluding hydrogens is 550 g/mol. The number of anilines is 1. The van der Waals surface area contributed by atoms with Crippen molar-refractivity contribution in [1.29, 1.82) is 0 Å². The first-order chi connectivity index (χ1) is 20.0. The Morgan fingerprint density at radius 1 is 0.905 bits per heavy atom. The van der Waals surface area contributed by atoms with Gasteiger partial charge in [-0.2, -0.15) is 0 Å². The van der Waals surface area contributed by atoms with Gasteiger partial charge in [0.25, 0.3) is 10.0 Å². The van der Waals surface area contributed by atoms with Gasteiger partial charge in [0.1, 0.15) is 18.3 Å². The van der Waals surface area contributed by atoms with Gasteiger partial charge in [0, 0.05) is 13.1 Å². The number of aryl methyl sites for hydroxylation is 1. The Bertz CT molecular complexity index is 1420. The van der Waals surface area contributed by atoms with Gasteiger partial charge in [-0.15, -0.1) is 0 Å². The van der Waals surface area contributed by atoms with Crippen LogP contribution in [0.2, 0.25) is 0 Å². The molecule has 0 unspecified atom stereocenters. The summed E-state index contributed by atoms with van der Waals surface area (Å²) in [6, 6.07) is 20.3. The van der Waals surface area contributed by atoms with Gasteiger partial charge in [-0.05, 0) is 73.2 Å². The third-order valence-corrected chi connectivity index (χ3v) is 8.97. The summed E-state index contributed by atoms with van der Waals surface area (Å²) >= 11 is 0. The zero-order valence-corrected chi connectivity index (χ0v) is 26.3. The number of ether oxygens (including phenoxy) is 1. The predicted molar refractivity (Wildman–Crippen MR) is 167 cm³/mol. The summed E-state index contributed by atoms with van der Waals surface area (Å²) in [4.78, 5) is 28.9. The number of rotatable bonds is 14. The fourth-order valence-corrected chi connectivity index (χ4v) is 6.02. The van der Waals surface area contributed by atoms with E-state index in [9.17, 15) is 18.0 Å². The maximum absolute atomic E-state index is 14.2. The van der Waals surface area contributed by atoms with Crippen molar-refractivity contribution in [2.24, 2.45) is 0 Å². The van der Waals surface area contributed by atoms with Gasteiger partial charge in [0.05, 0.1) is 17.7 Å². The summed E-state index contributed by atoms with van der Waals surface area (Å²) < 4.78 is 34.5. The van der Waals surface area contributed by atoms with Crippen LogP contribution in [0.15, 0.2) is 77.7 Å². The van der Waals surface area contributed by atoms with E-state index in [2.05, 4.69) is 19.2 Å². The molecular formula is C33H43N3O5S. The lowest BCUT2D eigenvalue weighted by molar-refractivity contribution is -0.140. The molecule has 42 heavy (non-hydrogen) atoms. The van der Waals surface area contributed by atoms with Crippen molar-refractivity contribution in [3.05, 3.63) is 89.5 Å². The molecule has 8 nitrogen and oxygen atoms in total. The van der Waals surface area contributed by atoms with Gasteiger partial charge in [0.2, 0.25) is 11.8 Å². The van der Waals surface area contributed by atoms with E-state index in [0.717, 1.165) is 27.4 Å². The second kappa shape index (κ2) is 14.9. The molecule has 0 fully saturated rings. The van der Waals surface area contributed by atoms with Crippen LogP contribution in [0.1, 0.15) is 63.1 Å². The molecule has 3 rings (SSSR count). The van der Waals surface area contributed by atoms with Crippen LogP contribution in [0, 0.1) is 6.92 Å². The smallest absolute Gasteiger partial charge is 0.264 e. The summed E-state index contributed by atoms with van der Waals surface area (Å²) in [6.45, 7) is 9.95. The maximum atomic E-state index is 14.2. The molecule has 0 aliphatic heterocycles. The van der Waals surface area contributed by atoms with Gasteiger partial charge in [0.15, 0.2) is 0 Å². The monoisotopic (exact) mass is 593 g/mol. The van der Waals surface area contributed by atoms with Crippen LogP contribution < -0.4 is 14.4 Å². The van der Waals surface area contributed by atoms with Gasteiger partial charge in [-0.1, -0.05) is 69.7 Å². The number of nitrogens with one attached hydrogen (secondary N) is 1. The first-order valence-electron chi connectivity index (χ1n) is 14.4. The Kier molecular flexibility index (Phi) is 11.6. The number of carbonyl (C=O) groups is 2. The summed E-state index contributed by atoms with van der Waals surface area (Å²) in [5.41, 5.74) is 3.14. The topological polar surface area (TPSA) is 96.0 Å². The molecule has 3 aromatic rings. The first kappa shape index (κ1) is 32.7. The van der Waals surface area contributed by atoms with Crippen LogP contribution in [-0.4, -0.2) is 51.4 Å². The summed E-state index contributed by atoms with van der Waals surface area (Å²) in [5.74, 6) is 0.183. The molecule has 226 valence electrons. The standard InChI is InChI=1S/C33H43N3O5S/c1-7-21-34-33(38)31(8-2)35(22-26-11-17-29(41-6)18-12-26)32(37)23-36(28-15-13-27(14-16-28)24(3)4)42(39,40)30-19-9-25(5)10-20-30/h9-20,24,31H,7-8,21-23H2,1-6H3,(H,34,38)/t31-/m1/s1. The van der Waals surface area contributed by atoms with E-state index in [0.29, 0.717) is 24.4 Å². The normalized spacial score (nSPS) is 12.1. The molecule has 0 radical (unpaired) electrons. The Hall–Kier alpha value is -3.85. The summed E-state index contributed by atoms with van der Waals surface area (Å²) in [7, 11) is -2.54. The van der Waals surface area contributed by atoms with Crippen molar-refractivity contribution in [3.8, 4) is 5.75 Å². The van der Waals surface area contributed by atoms with Crippen molar-refractivity contribution in [2.75, 3.05) is 24.5 Å². The van der Waals surface area contributed by atoms with E-state index in [-0.39, 0.29) is 23.3 Å². The van der Waals surface area contributed by atoms with Gasteiger partial charge in [-0.3, -0.25) is 13.9 Å². The van der Waals surface area contributed by atoms with Crippen molar-refractivity contribution in [1.82, 2.24) is 10.2 Å². The quantitative estimate of drug-likeness (QED) is 0.260. The molecule has 3 aromatic carbocycles. The van der Waals surface area contributed by atoms with E-state index in [4.69, 9.17) is 4.74 Å². The average molecular weight is 594 g/mol. The number of amides is 2. The van der Waals surface area contributed by atoms with Crippen LogP contribution in [0.3, 0.4) is 0 Å². The lowest BCUT2D eigenvalue weighted by Gasteiger charge is -2.33. The number of sulfonamides is 1. The average Bonchev–Trinajstić information content (AvgIpc) is 2.99. The predicted octanol–water partition coefficient (Wildman–Crippen LogP) is 5.66. The van der Waals surface area contributed by atoms with E-state index >= 15 is 0 Å². The molecule has 1 atom stereocenters. The maximum Gasteiger partial charge on any atom is 0.264 e. The Morgan fingerprint density at radius 3 is 2.05 bits per heavy atom. The Labute approximate surface area is 250 Å². The minimum Gasteiger partial charge on any atom is -0.497 e. The highest BCUT2D eigenvalue weighted by Gasteiger charge is 2.33. The fraction of sp³-hybridized carbons (Fsp3) is 0.394. The van der Waals surface area contributed by atoms with Crippen LogP contribution in [0.25, 0.3) is 0 Å². The molecule has 0 bridgehead atoms. The molecule has 9 heteroatoms. The minimum absolute atomic E-state index is 0.0864. The number of hydrogen-bond donors (Lipinski definition) is 1. The number of benzene rings is 3. The molecule has 0 aromatic heterocycles. The highest BCUT2D eigenvalue weighted by atomic mass is 32.2. The molecule has 0 saturated carbocycles. The fourth-order valence-electron chi connectivity index (χ4n) is 4.60. The minimum atomic E-state index is -4.11. The van der Waals surface area contributed by atoms with E-state index in [1.165, 1.54) is 4.90 Å². The first-order valence-corrected chi connectivity index (χ1v) is 15.8. The largest absolute Gasteiger partial charge is 0.497 e. The number of carbonyl (C=O) groups excluding carboxylic acids is 2. The van der Waals surface area contributed by atoms with Crippen LogP contribution in [0.4, 0.5) is 5.69 Å². The number of methoxy groups -OCH3 is 1. The van der Waals surface area contributed by atoms with E-state index < -0.39 is 28.5 Å². The van der Waals surface area contributed by atoms with E-state index in [1.807, 2.05) is 45.0 Å². The molecule has 0 aliphatic rings. The number of hydrogen-bond acceptors (Lipinski definition) is 5. The molecule has 0 saturated heterocycles. The molecule has 0 spiro atoms. The lowest BCUT2D eigenvalue weighted by Crippen LogP contribution is -2.52. The van der Waals surface area contributed by atoms with E-state index in [1.54, 1.807) is 55.6 Å². The summed E-state index contributed by atoms with van der Waals surface area (Å²) in [5, 5.41) is 2.90. The number of nitrogens with zero attached hydrogens (tertiary/aromatic N) is 2. The lowest BCUT2D eigenvalue weighted by atomic mass is 10.0. The summed E-state index contributed by atoms with van der Waals surface area (Å²) in [6.07, 6.45) is 1.12. The molecule has 1 N–H and O–H groups in total. The highest BCUT2D eigenvalue weighted by Crippen LogP contribution is 2.27. The zero-order valence-electron chi connectivity index (χ0n) is 25.5. The Morgan fingerprint density at radius 2 is 1.52 bits per heavy atom. The zero-order chi connectivity index (χ0) is 30.9. The van der Waals surface area contributed by atoms with Crippen LogP contribution in [0.5, 0.6) is 5.75 Å². The van der Waals surface area contributed by atoms with Gasteiger partial charge in [-0.25, -0.2) is 8.42 Å². The van der Waals surface area contributed by atoms with Gasteiger partial charge < -0.3 is 15.0 Å². The molecule has 0 heterocycles. The SMILES string of the molecule is CCCNC(=O)[C@@H](CC)N(Cc1ccc(OC)cc1)C(=O)CN(c1ccc(C(C)C)cc1)S(=O)(=O)c1ccc(C)cc1.